The molecule has 2 heterocycles. The molecule has 0 bridgehead atoms. The van der Waals surface area contributed by atoms with Crippen molar-refractivity contribution in [3.05, 3.63) is 18.0 Å². The molecule has 0 radical (unpaired) electrons. The molecule has 0 saturated carbocycles. The van der Waals surface area contributed by atoms with E-state index in [4.69, 9.17) is 4.74 Å². The molecule has 1 fully saturated rings. The van der Waals surface area contributed by atoms with Gasteiger partial charge in [0.15, 0.2) is 0 Å². The first kappa shape index (κ1) is 14.0. The Kier molecular flexibility index (Phi) is 4.93. The zero-order valence-electron chi connectivity index (χ0n) is 11.5. The summed E-state index contributed by atoms with van der Waals surface area (Å²) in [7, 11) is 3.36. The number of carbonyl (C=O) groups excluding carboxylic acids is 1. The van der Waals surface area contributed by atoms with Crippen molar-refractivity contribution < 1.29 is 14.3 Å². The summed E-state index contributed by atoms with van der Waals surface area (Å²) in [5, 5.41) is 4.16. The van der Waals surface area contributed by atoms with Crippen LogP contribution in [0, 0.1) is 0 Å². The molecule has 1 aliphatic rings. The number of methoxy groups -OCH3 is 1. The highest BCUT2D eigenvalue weighted by atomic mass is 16.5. The number of hydrogen-bond acceptors (Lipinski definition) is 5. The van der Waals surface area contributed by atoms with E-state index in [1.165, 1.54) is 12.8 Å². The normalized spacial score (nSPS) is 20.4. The van der Waals surface area contributed by atoms with Crippen LogP contribution in [0.5, 0.6) is 0 Å². The van der Waals surface area contributed by atoms with Gasteiger partial charge < -0.3 is 9.47 Å². The Morgan fingerprint density at radius 3 is 3.16 bits per heavy atom. The molecule has 0 aromatic carbocycles. The predicted molar refractivity (Wildman–Crippen MR) is 69.7 cm³/mol. The lowest BCUT2D eigenvalue weighted by Gasteiger charge is -2.32. The second kappa shape index (κ2) is 6.68. The van der Waals surface area contributed by atoms with Gasteiger partial charge in [0, 0.05) is 45.0 Å². The van der Waals surface area contributed by atoms with E-state index in [0.29, 0.717) is 13.0 Å². The number of aromatic nitrogens is 2. The summed E-state index contributed by atoms with van der Waals surface area (Å²) in [6.45, 7) is 3.33. The molecular weight excluding hydrogens is 246 g/mol. The molecule has 1 aromatic rings. The second-order valence-electron chi connectivity index (χ2n) is 4.77. The lowest BCUT2D eigenvalue weighted by Crippen LogP contribution is -2.44. The summed E-state index contributed by atoms with van der Waals surface area (Å²) in [4.78, 5) is 13.6. The first-order valence-electron chi connectivity index (χ1n) is 6.56. The number of hydrogen-bond donors (Lipinski definition) is 0. The van der Waals surface area contributed by atoms with Crippen molar-refractivity contribution in [2.45, 2.75) is 18.9 Å². The molecule has 1 saturated heterocycles. The van der Waals surface area contributed by atoms with Gasteiger partial charge in [-0.15, -0.1) is 0 Å². The Hall–Kier alpha value is -1.40. The van der Waals surface area contributed by atoms with E-state index in [1.54, 1.807) is 0 Å². The fourth-order valence-corrected chi connectivity index (χ4v) is 2.30. The topological polar surface area (TPSA) is 56.6 Å². The summed E-state index contributed by atoms with van der Waals surface area (Å²) in [6, 6.07) is 2.03. The van der Waals surface area contributed by atoms with Gasteiger partial charge in [-0.2, -0.15) is 5.10 Å². The Balaban J connectivity index is 1.78. The van der Waals surface area contributed by atoms with E-state index >= 15 is 0 Å². The maximum Gasteiger partial charge on any atom is 0.308 e. The van der Waals surface area contributed by atoms with Crippen molar-refractivity contribution in [2.24, 2.45) is 7.05 Å². The van der Waals surface area contributed by atoms with E-state index < -0.39 is 0 Å². The van der Waals surface area contributed by atoms with Crippen LogP contribution in [-0.2, 0) is 27.7 Å². The average molecular weight is 267 g/mol. The molecule has 1 aliphatic heterocycles. The molecule has 106 valence electrons. The summed E-state index contributed by atoms with van der Waals surface area (Å²) in [6.07, 6.45) is 3.06. The van der Waals surface area contributed by atoms with Crippen LogP contribution in [0.4, 0.5) is 0 Å². The molecule has 0 amide bonds. The zero-order chi connectivity index (χ0) is 13.7. The van der Waals surface area contributed by atoms with Crippen molar-refractivity contribution in [1.29, 1.82) is 0 Å². The molecular formula is C13H21N3O3. The van der Waals surface area contributed by atoms with Gasteiger partial charge in [-0.3, -0.25) is 14.4 Å². The lowest BCUT2D eigenvalue weighted by molar-refractivity contribution is -0.145. The molecule has 1 unspecified atom stereocenters. The van der Waals surface area contributed by atoms with Crippen LogP contribution >= 0.6 is 0 Å². The van der Waals surface area contributed by atoms with Crippen LogP contribution in [0.3, 0.4) is 0 Å². The summed E-state index contributed by atoms with van der Waals surface area (Å²) in [5.41, 5.74) is 1.22. The summed E-state index contributed by atoms with van der Waals surface area (Å²) < 4.78 is 12.2. The number of aryl methyl sites for hydroxylation is 1. The third-order valence-corrected chi connectivity index (χ3v) is 3.45. The number of ether oxygens (including phenoxy) is 2. The van der Waals surface area contributed by atoms with Crippen molar-refractivity contribution in [2.75, 3.05) is 33.4 Å². The fraction of sp³-hybridized carbons (Fsp3) is 0.692. The molecule has 6 nitrogen and oxygen atoms in total. The molecule has 19 heavy (non-hydrogen) atoms. The SMILES string of the molecule is COC(=O)CC1CN(CCc2ccnn2C)CCO1. The van der Waals surface area contributed by atoms with Crippen LogP contribution in [-0.4, -0.2) is 60.1 Å². The second-order valence-corrected chi connectivity index (χ2v) is 4.77. The van der Waals surface area contributed by atoms with Crippen LogP contribution in [0.25, 0.3) is 0 Å². The first-order chi connectivity index (χ1) is 9.19. The lowest BCUT2D eigenvalue weighted by atomic mass is 10.2. The minimum Gasteiger partial charge on any atom is -0.469 e. The van der Waals surface area contributed by atoms with Gasteiger partial charge in [-0.05, 0) is 6.07 Å². The van der Waals surface area contributed by atoms with E-state index in [2.05, 4.69) is 14.7 Å². The first-order valence-corrected chi connectivity index (χ1v) is 6.56. The highest BCUT2D eigenvalue weighted by Crippen LogP contribution is 2.10. The van der Waals surface area contributed by atoms with Crippen LogP contribution < -0.4 is 0 Å². The van der Waals surface area contributed by atoms with E-state index in [-0.39, 0.29) is 12.1 Å². The van der Waals surface area contributed by atoms with Crippen LogP contribution in [0.15, 0.2) is 12.3 Å². The Bertz CT molecular complexity index is 419. The van der Waals surface area contributed by atoms with Gasteiger partial charge in [0.2, 0.25) is 0 Å². The van der Waals surface area contributed by atoms with Gasteiger partial charge in [0.05, 0.1) is 26.2 Å². The third kappa shape index (κ3) is 4.04. The van der Waals surface area contributed by atoms with Crippen LogP contribution in [0.2, 0.25) is 0 Å². The van der Waals surface area contributed by atoms with Gasteiger partial charge in [-0.1, -0.05) is 0 Å². The quantitative estimate of drug-likeness (QED) is 0.715. The number of morpholine rings is 1. The number of carbonyl (C=O) groups is 1. The molecule has 2 rings (SSSR count). The van der Waals surface area contributed by atoms with Crippen molar-refractivity contribution in [3.63, 3.8) is 0 Å². The number of nitrogens with zero attached hydrogens (tertiary/aromatic N) is 3. The van der Waals surface area contributed by atoms with Gasteiger partial charge in [0.1, 0.15) is 0 Å². The molecule has 6 heteroatoms. The monoisotopic (exact) mass is 267 g/mol. The highest BCUT2D eigenvalue weighted by Gasteiger charge is 2.23. The number of rotatable bonds is 5. The highest BCUT2D eigenvalue weighted by molar-refractivity contribution is 5.69. The van der Waals surface area contributed by atoms with E-state index in [9.17, 15) is 4.79 Å². The molecule has 1 atom stereocenters. The predicted octanol–water partition coefficient (Wildman–Crippen LogP) is 0.226. The minimum atomic E-state index is -0.210. The molecule has 1 aromatic heterocycles. The Labute approximate surface area is 113 Å². The average Bonchev–Trinajstić information content (AvgIpc) is 2.82. The van der Waals surface area contributed by atoms with Crippen LogP contribution in [0.1, 0.15) is 12.1 Å². The van der Waals surface area contributed by atoms with Crippen molar-refractivity contribution >= 4 is 5.97 Å². The van der Waals surface area contributed by atoms with Gasteiger partial charge >= 0.3 is 5.97 Å². The Morgan fingerprint density at radius 2 is 2.47 bits per heavy atom. The molecule has 0 spiro atoms. The van der Waals surface area contributed by atoms with Gasteiger partial charge in [-0.25, -0.2) is 0 Å². The standard InChI is InChI=1S/C13H21N3O3/c1-15-11(3-5-14-15)4-6-16-7-8-19-12(10-16)9-13(17)18-2/h3,5,12H,4,6-10H2,1-2H3. The largest absolute Gasteiger partial charge is 0.469 e. The van der Waals surface area contributed by atoms with Gasteiger partial charge in [0.25, 0.3) is 0 Å². The smallest absolute Gasteiger partial charge is 0.308 e. The number of esters is 1. The minimum absolute atomic E-state index is 0.0484. The molecule has 0 aliphatic carbocycles. The third-order valence-electron chi connectivity index (χ3n) is 3.45. The summed E-state index contributed by atoms with van der Waals surface area (Å²) >= 11 is 0. The maximum absolute atomic E-state index is 11.2. The van der Waals surface area contributed by atoms with E-state index in [1.807, 2.05) is 24.0 Å². The fourth-order valence-electron chi connectivity index (χ4n) is 2.30. The summed E-state index contributed by atoms with van der Waals surface area (Å²) in [5.74, 6) is -0.210. The van der Waals surface area contributed by atoms with Crippen molar-refractivity contribution in [1.82, 2.24) is 14.7 Å². The zero-order valence-corrected chi connectivity index (χ0v) is 11.5. The maximum atomic E-state index is 11.2. The van der Waals surface area contributed by atoms with E-state index in [0.717, 1.165) is 26.1 Å². The molecule has 0 N–H and O–H groups in total. The Morgan fingerprint density at radius 1 is 1.63 bits per heavy atom. The van der Waals surface area contributed by atoms with Crippen molar-refractivity contribution in [3.8, 4) is 0 Å².